The molecule has 2 heterocycles. The van der Waals surface area contributed by atoms with Crippen molar-refractivity contribution in [3.05, 3.63) is 0 Å². The molecule has 2 atom stereocenters. The molecule has 2 amide bonds. The van der Waals surface area contributed by atoms with Gasteiger partial charge in [0.2, 0.25) is 0 Å². The van der Waals surface area contributed by atoms with E-state index in [-0.39, 0.29) is 6.03 Å². The lowest BCUT2D eigenvalue weighted by Gasteiger charge is -2.23. The summed E-state index contributed by atoms with van der Waals surface area (Å²) in [5.74, 6) is 0. The molecule has 0 unspecified atom stereocenters. The van der Waals surface area contributed by atoms with Gasteiger partial charge in [0.05, 0.1) is 6.10 Å². The highest BCUT2D eigenvalue weighted by atomic mass is 16.5. The van der Waals surface area contributed by atoms with Crippen molar-refractivity contribution in [1.82, 2.24) is 15.5 Å². The molecule has 2 saturated heterocycles. The van der Waals surface area contributed by atoms with Gasteiger partial charge in [-0.2, -0.15) is 0 Å². The molecule has 1 saturated carbocycles. The molecule has 132 valence electrons. The molecular weight excluding hydrogens is 290 g/mol. The van der Waals surface area contributed by atoms with E-state index < -0.39 is 0 Å². The van der Waals surface area contributed by atoms with Gasteiger partial charge in [-0.3, -0.25) is 4.90 Å². The van der Waals surface area contributed by atoms with Crippen LogP contribution >= 0.6 is 0 Å². The van der Waals surface area contributed by atoms with E-state index in [0.29, 0.717) is 12.1 Å². The highest BCUT2D eigenvalue weighted by Gasteiger charge is 2.30. The second kappa shape index (κ2) is 8.88. The molecule has 23 heavy (non-hydrogen) atoms. The maximum atomic E-state index is 12.0. The molecule has 5 nitrogen and oxygen atoms in total. The topological polar surface area (TPSA) is 53.6 Å². The zero-order valence-electron chi connectivity index (χ0n) is 14.4. The fraction of sp³-hybridized carbons (Fsp3) is 0.944. The smallest absolute Gasteiger partial charge is 0.315 e. The van der Waals surface area contributed by atoms with Crippen LogP contribution in [0.1, 0.15) is 64.2 Å². The van der Waals surface area contributed by atoms with E-state index >= 15 is 0 Å². The molecule has 3 aliphatic rings. The van der Waals surface area contributed by atoms with E-state index in [4.69, 9.17) is 4.74 Å². The van der Waals surface area contributed by atoms with Gasteiger partial charge in [-0.1, -0.05) is 12.8 Å². The van der Waals surface area contributed by atoms with Crippen LogP contribution in [0.15, 0.2) is 0 Å². The van der Waals surface area contributed by atoms with E-state index in [0.717, 1.165) is 51.5 Å². The van der Waals surface area contributed by atoms with Crippen LogP contribution in [0.4, 0.5) is 4.79 Å². The number of carbonyl (C=O) groups is 1. The van der Waals surface area contributed by atoms with E-state index in [1.165, 1.54) is 44.9 Å². The molecule has 0 aromatic heterocycles. The molecule has 2 N–H and O–H groups in total. The fourth-order valence-electron chi connectivity index (χ4n) is 4.31. The summed E-state index contributed by atoms with van der Waals surface area (Å²) < 4.78 is 5.72. The Bertz CT molecular complexity index is 365. The maximum Gasteiger partial charge on any atom is 0.315 e. The van der Waals surface area contributed by atoms with Gasteiger partial charge in [0.15, 0.2) is 0 Å². The first-order chi connectivity index (χ1) is 11.3. The Morgan fingerprint density at radius 3 is 2.70 bits per heavy atom. The van der Waals surface area contributed by atoms with Crippen molar-refractivity contribution in [3.8, 4) is 0 Å². The lowest BCUT2D eigenvalue weighted by molar-refractivity contribution is 0.0103. The van der Waals surface area contributed by atoms with Crippen LogP contribution in [-0.2, 0) is 4.74 Å². The first kappa shape index (κ1) is 17.0. The Morgan fingerprint density at radius 1 is 1.09 bits per heavy atom. The molecule has 0 aromatic rings. The van der Waals surface area contributed by atoms with E-state index in [2.05, 4.69) is 15.5 Å². The van der Waals surface area contributed by atoms with Gasteiger partial charge in [0.25, 0.3) is 0 Å². The minimum atomic E-state index is 0.00725. The summed E-state index contributed by atoms with van der Waals surface area (Å²) in [4.78, 5) is 14.6. The van der Waals surface area contributed by atoms with Gasteiger partial charge < -0.3 is 15.4 Å². The minimum Gasteiger partial charge on any atom is -0.378 e. The fourth-order valence-corrected chi connectivity index (χ4v) is 4.31. The zero-order valence-corrected chi connectivity index (χ0v) is 14.4. The highest BCUT2D eigenvalue weighted by molar-refractivity contribution is 5.74. The molecule has 2 aliphatic heterocycles. The molecule has 5 heteroatoms. The first-order valence-electron chi connectivity index (χ1n) is 9.71. The summed E-state index contributed by atoms with van der Waals surface area (Å²) in [6, 6.07) is 1.12. The van der Waals surface area contributed by atoms with Crippen LogP contribution in [0.3, 0.4) is 0 Å². The molecule has 1 aliphatic carbocycles. The number of hydrogen-bond acceptors (Lipinski definition) is 3. The van der Waals surface area contributed by atoms with Crippen molar-refractivity contribution >= 4 is 6.03 Å². The van der Waals surface area contributed by atoms with Crippen LogP contribution in [0.2, 0.25) is 0 Å². The van der Waals surface area contributed by atoms with Crippen molar-refractivity contribution in [2.24, 2.45) is 0 Å². The summed E-state index contributed by atoms with van der Waals surface area (Å²) >= 11 is 0. The predicted molar refractivity (Wildman–Crippen MR) is 91.6 cm³/mol. The molecule has 0 radical (unpaired) electrons. The number of nitrogens with one attached hydrogen (secondary N) is 2. The summed E-state index contributed by atoms with van der Waals surface area (Å²) in [5.41, 5.74) is 0. The Hall–Kier alpha value is -0.810. The normalized spacial score (nSPS) is 29.7. The number of nitrogens with zero attached hydrogens (tertiary/aromatic N) is 1. The quantitative estimate of drug-likeness (QED) is 0.739. The Morgan fingerprint density at radius 2 is 1.91 bits per heavy atom. The van der Waals surface area contributed by atoms with E-state index in [1.807, 2.05) is 0 Å². The number of likely N-dealkylation sites (tertiary alicyclic amines) is 1. The Kier molecular flexibility index (Phi) is 6.57. The molecule has 0 spiro atoms. The molecule has 3 rings (SSSR count). The van der Waals surface area contributed by atoms with Crippen molar-refractivity contribution in [2.45, 2.75) is 82.4 Å². The van der Waals surface area contributed by atoms with Crippen molar-refractivity contribution in [3.63, 3.8) is 0 Å². The number of amides is 2. The first-order valence-corrected chi connectivity index (χ1v) is 9.71. The molecule has 3 fully saturated rings. The Labute approximate surface area is 140 Å². The maximum absolute atomic E-state index is 12.0. The van der Waals surface area contributed by atoms with Crippen molar-refractivity contribution in [1.29, 1.82) is 0 Å². The van der Waals surface area contributed by atoms with Gasteiger partial charge in [-0.05, 0) is 51.4 Å². The van der Waals surface area contributed by atoms with Crippen LogP contribution in [0.5, 0.6) is 0 Å². The van der Waals surface area contributed by atoms with Gasteiger partial charge in [0.1, 0.15) is 0 Å². The van der Waals surface area contributed by atoms with E-state index in [9.17, 15) is 4.79 Å². The Balaban J connectivity index is 1.25. The van der Waals surface area contributed by atoms with Crippen LogP contribution in [-0.4, -0.2) is 55.4 Å². The number of hydrogen-bond donors (Lipinski definition) is 2. The lowest BCUT2D eigenvalue weighted by atomic mass is 10.0. The zero-order chi connectivity index (χ0) is 15.9. The van der Waals surface area contributed by atoms with Gasteiger partial charge in [-0.15, -0.1) is 0 Å². The largest absolute Gasteiger partial charge is 0.378 e. The van der Waals surface area contributed by atoms with Gasteiger partial charge in [0, 0.05) is 38.3 Å². The third kappa shape index (κ3) is 5.35. The molecule has 0 aromatic carbocycles. The van der Waals surface area contributed by atoms with Gasteiger partial charge >= 0.3 is 6.03 Å². The number of carbonyl (C=O) groups excluding carboxylic acids is 1. The molecular formula is C18H33N3O2. The second-order valence-corrected chi connectivity index (χ2v) is 7.45. The lowest BCUT2D eigenvalue weighted by Crippen LogP contribution is -2.44. The third-order valence-electron chi connectivity index (χ3n) is 5.66. The summed E-state index contributed by atoms with van der Waals surface area (Å²) in [7, 11) is 0. The average Bonchev–Trinajstić information content (AvgIpc) is 3.24. The number of ether oxygens (including phenoxy) is 1. The van der Waals surface area contributed by atoms with E-state index in [1.54, 1.807) is 0 Å². The minimum absolute atomic E-state index is 0.00725. The summed E-state index contributed by atoms with van der Waals surface area (Å²) in [6.45, 7) is 3.85. The predicted octanol–water partition coefficient (Wildman–Crippen LogP) is 2.65. The summed E-state index contributed by atoms with van der Waals surface area (Å²) in [5, 5.41) is 6.16. The van der Waals surface area contributed by atoms with Crippen LogP contribution in [0.25, 0.3) is 0 Å². The van der Waals surface area contributed by atoms with Gasteiger partial charge in [-0.25, -0.2) is 4.79 Å². The standard InChI is InChI=1S/C18H33N3O2/c22-18(19-11-5-9-17-8-3-4-13-23-17)20-15-10-12-21(14-15)16-6-1-2-7-16/h15-17H,1-14H2,(H2,19,20,22)/t15-,17+/m0/s1. The van der Waals surface area contributed by atoms with Crippen LogP contribution < -0.4 is 10.6 Å². The monoisotopic (exact) mass is 323 g/mol. The third-order valence-corrected chi connectivity index (χ3v) is 5.66. The number of urea groups is 1. The van der Waals surface area contributed by atoms with Crippen molar-refractivity contribution in [2.75, 3.05) is 26.2 Å². The average molecular weight is 323 g/mol. The number of rotatable bonds is 6. The second-order valence-electron chi connectivity index (χ2n) is 7.45. The SMILES string of the molecule is O=C(NCCC[C@H]1CCCCO1)N[C@H]1CCN(C2CCCC2)C1. The summed E-state index contributed by atoms with van der Waals surface area (Å²) in [6.07, 6.45) is 12.7. The van der Waals surface area contributed by atoms with Crippen molar-refractivity contribution < 1.29 is 9.53 Å². The van der Waals surface area contributed by atoms with Crippen LogP contribution in [0, 0.1) is 0 Å². The molecule has 0 bridgehead atoms. The highest BCUT2D eigenvalue weighted by Crippen LogP contribution is 2.26.